The maximum Gasteiger partial charge on any atom is 0.305 e. The number of hydrogen-bond donors (Lipinski definition) is 2. The third-order valence-electron chi connectivity index (χ3n) is 2.58. The zero-order valence-corrected chi connectivity index (χ0v) is 13.3. The highest BCUT2D eigenvalue weighted by Gasteiger charge is 2.21. The summed E-state index contributed by atoms with van der Waals surface area (Å²) in [5.41, 5.74) is 0. The first-order valence-electron chi connectivity index (χ1n) is 6.94. The fraction of sp³-hybridized carbons (Fsp3) is 0.857. The van der Waals surface area contributed by atoms with Crippen molar-refractivity contribution in [3.05, 3.63) is 0 Å². The number of carboxylic acids is 1. The Morgan fingerprint density at radius 1 is 1.16 bits per heavy atom. The molecule has 5 heteroatoms. The van der Waals surface area contributed by atoms with Crippen molar-refractivity contribution in [1.82, 2.24) is 5.32 Å². The molecule has 0 aliphatic carbocycles. The summed E-state index contributed by atoms with van der Waals surface area (Å²) >= 11 is 1.46. The second-order valence-electron chi connectivity index (χ2n) is 5.63. The Balaban J connectivity index is 4.14. The Morgan fingerprint density at radius 3 is 2.26 bits per heavy atom. The maximum absolute atomic E-state index is 11.9. The molecule has 0 bridgehead atoms. The molecular weight excluding hydrogens is 262 g/mol. The lowest BCUT2D eigenvalue weighted by Crippen LogP contribution is -2.36. The topological polar surface area (TPSA) is 66.4 Å². The molecule has 0 aromatic carbocycles. The number of rotatable bonds is 10. The first kappa shape index (κ1) is 18.3. The number of amides is 1. The van der Waals surface area contributed by atoms with Crippen LogP contribution in [-0.2, 0) is 9.59 Å². The lowest BCUT2D eigenvalue weighted by molar-refractivity contribution is -0.138. The number of carbonyl (C=O) groups excluding carboxylic acids is 1. The summed E-state index contributed by atoms with van der Waals surface area (Å²) in [6.45, 7) is 8.95. The van der Waals surface area contributed by atoms with Crippen molar-refractivity contribution >= 4 is 23.6 Å². The van der Waals surface area contributed by atoms with E-state index in [9.17, 15) is 9.59 Å². The predicted molar refractivity (Wildman–Crippen MR) is 80.4 cm³/mol. The van der Waals surface area contributed by atoms with Crippen molar-refractivity contribution in [2.45, 2.75) is 52.2 Å². The third kappa shape index (κ3) is 10.9. The number of aliphatic carboxylic acids is 1. The second kappa shape index (κ2) is 10.1. The largest absolute Gasteiger partial charge is 0.481 e. The van der Waals surface area contributed by atoms with Gasteiger partial charge in [-0.2, -0.15) is 0 Å². The monoisotopic (exact) mass is 289 g/mol. The normalized spacial score (nSPS) is 12.7. The first-order valence-corrected chi connectivity index (χ1v) is 7.98. The molecule has 0 radical (unpaired) electrons. The van der Waals surface area contributed by atoms with E-state index in [0.717, 1.165) is 18.6 Å². The van der Waals surface area contributed by atoms with Crippen LogP contribution in [0.1, 0.15) is 47.0 Å². The number of nitrogens with one attached hydrogen (secondary N) is 1. The van der Waals surface area contributed by atoms with Crippen LogP contribution in [0.5, 0.6) is 0 Å². The number of carboxylic acid groups (broad SMARTS) is 1. The molecule has 0 aliphatic heterocycles. The van der Waals surface area contributed by atoms with Gasteiger partial charge in [-0.05, 0) is 24.0 Å². The predicted octanol–water partition coefficient (Wildman–Crippen LogP) is 2.77. The summed E-state index contributed by atoms with van der Waals surface area (Å²) in [5.74, 6) is 0.797. The van der Waals surface area contributed by atoms with Gasteiger partial charge in [-0.3, -0.25) is 9.59 Å². The van der Waals surface area contributed by atoms with E-state index in [0.29, 0.717) is 18.4 Å². The summed E-state index contributed by atoms with van der Waals surface area (Å²) in [7, 11) is 0. The molecule has 1 amide bonds. The standard InChI is InChI=1S/C14H27NO3S/c1-10(2)6-5-7-19-12(8-13(16)17)14(18)15-9-11(3)4/h10-12H,5-9H2,1-4H3,(H,15,18)(H,16,17). The molecule has 0 spiro atoms. The van der Waals surface area contributed by atoms with Gasteiger partial charge < -0.3 is 10.4 Å². The van der Waals surface area contributed by atoms with Gasteiger partial charge in [0.05, 0.1) is 11.7 Å². The van der Waals surface area contributed by atoms with Crippen LogP contribution in [0.2, 0.25) is 0 Å². The zero-order valence-electron chi connectivity index (χ0n) is 12.4. The van der Waals surface area contributed by atoms with Crippen LogP contribution < -0.4 is 5.32 Å². The van der Waals surface area contributed by atoms with E-state index < -0.39 is 11.2 Å². The van der Waals surface area contributed by atoms with Crippen LogP contribution in [0.3, 0.4) is 0 Å². The minimum absolute atomic E-state index is 0.101. The third-order valence-corrected chi connectivity index (χ3v) is 3.89. The van der Waals surface area contributed by atoms with Crippen LogP contribution in [-0.4, -0.2) is 34.5 Å². The molecule has 19 heavy (non-hydrogen) atoms. The lowest BCUT2D eigenvalue weighted by Gasteiger charge is -2.16. The quantitative estimate of drug-likeness (QED) is 0.607. The van der Waals surface area contributed by atoms with Gasteiger partial charge in [0.2, 0.25) is 5.91 Å². The first-order chi connectivity index (χ1) is 8.82. The van der Waals surface area contributed by atoms with Gasteiger partial charge in [-0.1, -0.05) is 34.1 Å². The summed E-state index contributed by atoms with van der Waals surface area (Å²) in [4.78, 5) is 22.7. The van der Waals surface area contributed by atoms with E-state index in [2.05, 4.69) is 19.2 Å². The molecule has 4 nitrogen and oxygen atoms in total. The summed E-state index contributed by atoms with van der Waals surface area (Å²) in [6, 6.07) is 0. The molecule has 0 rings (SSSR count). The minimum Gasteiger partial charge on any atom is -0.481 e. The fourth-order valence-corrected chi connectivity index (χ4v) is 2.63. The highest BCUT2D eigenvalue weighted by atomic mass is 32.2. The molecule has 2 N–H and O–H groups in total. The smallest absolute Gasteiger partial charge is 0.305 e. The summed E-state index contributed by atoms with van der Waals surface area (Å²) in [5, 5.41) is 11.2. The van der Waals surface area contributed by atoms with E-state index in [1.54, 1.807) is 0 Å². The molecule has 112 valence electrons. The van der Waals surface area contributed by atoms with Gasteiger partial charge in [0.15, 0.2) is 0 Å². The molecule has 0 aromatic heterocycles. The SMILES string of the molecule is CC(C)CCCSC(CC(=O)O)C(=O)NCC(C)C. The van der Waals surface area contributed by atoms with Crippen molar-refractivity contribution < 1.29 is 14.7 Å². The van der Waals surface area contributed by atoms with E-state index in [-0.39, 0.29) is 12.3 Å². The van der Waals surface area contributed by atoms with Crippen molar-refractivity contribution in [1.29, 1.82) is 0 Å². The van der Waals surface area contributed by atoms with E-state index in [1.807, 2.05) is 13.8 Å². The van der Waals surface area contributed by atoms with Gasteiger partial charge in [0.1, 0.15) is 0 Å². The Kier molecular flexibility index (Phi) is 9.74. The molecule has 0 aliphatic rings. The number of carbonyl (C=O) groups is 2. The van der Waals surface area contributed by atoms with Gasteiger partial charge in [0, 0.05) is 6.54 Å². The van der Waals surface area contributed by atoms with Crippen molar-refractivity contribution in [3.63, 3.8) is 0 Å². The molecule has 1 unspecified atom stereocenters. The number of thioether (sulfide) groups is 1. The van der Waals surface area contributed by atoms with Gasteiger partial charge >= 0.3 is 5.97 Å². The fourth-order valence-electron chi connectivity index (χ4n) is 1.52. The molecule has 0 aromatic rings. The van der Waals surface area contributed by atoms with Crippen molar-refractivity contribution in [2.24, 2.45) is 11.8 Å². The van der Waals surface area contributed by atoms with Crippen molar-refractivity contribution in [3.8, 4) is 0 Å². The molecule has 0 heterocycles. The van der Waals surface area contributed by atoms with Crippen LogP contribution in [0, 0.1) is 11.8 Å². The van der Waals surface area contributed by atoms with E-state index >= 15 is 0 Å². The molecule has 0 fully saturated rings. The van der Waals surface area contributed by atoms with E-state index in [4.69, 9.17) is 5.11 Å². The van der Waals surface area contributed by atoms with Gasteiger partial charge in [0.25, 0.3) is 0 Å². The lowest BCUT2D eigenvalue weighted by atomic mass is 10.1. The van der Waals surface area contributed by atoms with Crippen LogP contribution in [0.25, 0.3) is 0 Å². The van der Waals surface area contributed by atoms with Crippen LogP contribution in [0.4, 0.5) is 0 Å². The minimum atomic E-state index is -0.916. The molecule has 0 saturated carbocycles. The second-order valence-corrected chi connectivity index (χ2v) is 6.94. The zero-order chi connectivity index (χ0) is 14.8. The van der Waals surface area contributed by atoms with E-state index in [1.165, 1.54) is 11.8 Å². The number of hydrogen-bond acceptors (Lipinski definition) is 3. The summed E-state index contributed by atoms with van der Waals surface area (Å²) < 4.78 is 0. The molecule has 1 atom stereocenters. The average molecular weight is 289 g/mol. The molecule has 0 saturated heterocycles. The Morgan fingerprint density at radius 2 is 1.79 bits per heavy atom. The van der Waals surface area contributed by atoms with Gasteiger partial charge in [-0.15, -0.1) is 11.8 Å². The summed E-state index contributed by atoms with van der Waals surface area (Å²) in [6.07, 6.45) is 2.03. The Bertz CT molecular complexity index is 280. The van der Waals surface area contributed by atoms with Crippen molar-refractivity contribution in [2.75, 3.05) is 12.3 Å². The maximum atomic E-state index is 11.9. The van der Waals surface area contributed by atoms with Gasteiger partial charge in [-0.25, -0.2) is 0 Å². The average Bonchev–Trinajstić information content (AvgIpc) is 2.29. The van der Waals surface area contributed by atoms with Crippen LogP contribution >= 0.6 is 11.8 Å². The molecular formula is C14H27NO3S. The highest BCUT2D eigenvalue weighted by molar-refractivity contribution is 8.00. The Labute approximate surface area is 120 Å². The Hall–Kier alpha value is -0.710. The van der Waals surface area contributed by atoms with Crippen LogP contribution in [0.15, 0.2) is 0 Å². The highest BCUT2D eigenvalue weighted by Crippen LogP contribution is 2.18.